The molecule has 0 amide bonds. The van der Waals surface area contributed by atoms with Crippen molar-refractivity contribution in [2.45, 2.75) is 24.5 Å². The van der Waals surface area contributed by atoms with Gasteiger partial charge in [-0.05, 0) is 36.2 Å². The van der Waals surface area contributed by atoms with Crippen LogP contribution >= 0.6 is 0 Å². The van der Waals surface area contributed by atoms with Crippen LogP contribution < -0.4 is 10.3 Å². The zero-order valence-electron chi connectivity index (χ0n) is 14.1. The van der Waals surface area contributed by atoms with Crippen molar-refractivity contribution in [3.63, 3.8) is 0 Å². The highest BCUT2D eigenvalue weighted by Gasteiger charge is 2.33. The molecule has 3 rings (SSSR count). The van der Waals surface area contributed by atoms with Crippen LogP contribution in [0.2, 0.25) is 0 Å². The van der Waals surface area contributed by atoms with Gasteiger partial charge in [0.2, 0.25) is 15.6 Å². The molecule has 3 aromatic rings. The lowest BCUT2D eigenvalue weighted by Crippen LogP contribution is -2.24. The van der Waals surface area contributed by atoms with E-state index in [1.165, 1.54) is 0 Å². The SMILES string of the molecule is Cc1ccccc1CNS(=O)(=O)c1ccc2[nH]c(=O)cc(C(F)(F)F)c2c1. The normalized spacial score (nSPS) is 12.4. The number of fused-ring (bicyclic) bond motifs is 1. The molecule has 2 N–H and O–H groups in total. The summed E-state index contributed by atoms with van der Waals surface area (Å²) < 4.78 is 67.1. The van der Waals surface area contributed by atoms with Crippen LogP contribution in [0.3, 0.4) is 0 Å². The van der Waals surface area contributed by atoms with Gasteiger partial charge in [0.1, 0.15) is 0 Å². The molecule has 0 aliphatic carbocycles. The van der Waals surface area contributed by atoms with Crippen molar-refractivity contribution in [3.05, 3.63) is 75.6 Å². The summed E-state index contributed by atoms with van der Waals surface area (Å²) in [6, 6.07) is 10.8. The lowest BCUT2D eigenvalue weighted by Gasteiger charge is -2.12. The number of pyridine rings is 1. The van der Waals surface area contributed by atoms with Crippen LogP contribution in [0.5, 0.6) is 0 Å². The van der Waals surface area contributed by atoms with Gasteiger partial charge in [0.05, 0.1) is 10.5 Å². The number of sulfonamides is 1. The summed E-state index contributed by atoms with van der Waals surface area (Å²) in [7, 11) is -4.05. The van der Waals surface area contributed by atoms with E-state index in [1.54, 1.807) is 12.1 Å². The fraction of sp³-hybridized carbons (Fsp3) is 0.167. The third kappa shape index (κ3) is 4.04. The number of benzene rings is 2. The van der Waals surface area contributed by atoms with Gasteiger partial charge in [-0.25, -0.2) is 13.1 Å². The average molecular weight is 396 g/mol. The molecule has 2 aromatic carbocycles. The molecule has 0 fully saturated rings. The molecule has 0 aliphatic heterocycles. The second kappa shape index (κ2) is 6.82. The first-order chi connectivity index (χ1) is 12.6. The maximum absolute atomic E-state index is 13.2. The van der Waals surface area contributed by atoms with E-state index in [9.17, 15) is 26.4 Å². The van der Waals surface area contributed by atoms with Crippen molar-refractivity contribution in [3.8, 4) is 0 Å². The smallest absolute Gasteiger partial charge is 0.322 e. The Hall–Kier alpha value is -2.65. The molecule has 0 radical (unpaired) electrons. The van der Waals surface area contributed by atoms with Crippen LogP contribution in [0, 0.1) is 6.92 Å². The van der Waals surface area contributed by atoms with Crippen LogP contribution in [0.25, 0.3) is 10.9 Å². The summed E-state index contributed by atoms with van der Waals surface area (Å²) in [5.74, 6) is 0. The van der Waals surface area contributed by atoms with Crippen molar-refractivity contribution < 1.29 is 21.6 Å². The standard InChI is InChI=1S/C18H15F3N2O3S/c1-11-4-2-3-5-12(11)10-22-27(25,26)13-6-7-16-14(8-13)15(18(19,20)21)9-17(24)23-16/h2-9,22H,10H2,1H3,(H,23,24). The number of aryl methyl sites for hydroxylation is 1. The number of hydrogen-bond donors (Lipinski definition) is 2. The first-order valence-electron chi connectivity index (χ1n) is 7.86. The van der Waals surface area contributed by atoms with Gasteiger partial charge in [-0.2, -0.15) is 13.2 Å². The van der Waals surface area contributed by atoms with E-state index in [0.717, 1.165) is 29.3 Å². The molecule has 1 aromatic heterocycles. The minimum atomic E-state index is -4.79. The van der Waals surface area contributed by atoms with Crippen LogP contribution in [0.15, 0.2) is 58.2 Å². The van der Waals surface area contributed by atoms with Gasteiger partial charge >= 0.3 is 6.18 Å². The van der Waals surface area contributed by atoms with Crippen molar-refractivity contribution >= 4 is 20.9 Å². The van der Waals surface area contributed by atoms with Crippen molar-refractivity contribution in [2.75, 3.05) is 0 Å². The summed E-state index contributed by atoms with van der Waals surface area (Å²) >= 11 is 0. The van der Waals surface area contributed by atoms with E-state index >= 15 is 0 Å². The highest BCUT2D eigenvalue weighted by Crippen LogP contribution is 2.34. The molecule has 5 nitrogen and oxygen atoms in total. The molecule has 0 unspecified atom stereocenters. The number of aromatic amines is 1. The van der Waals surface area contributed by atoms with Gasteiger partial charge in [0.15, 0.2) is 0 Å². The predicted molar refractivity (Wildman–Crippen MR) is 94.8 cm³/mol. The zero-order chi connectivity index (χ0) is 19.8. The maximum atomic E-state index is 13.2. The summed E-state index contributed by atoms with van der Waals surface area (Å²) in [5, 5.41) is -0.388. The van der Waals surface area contributed by atoms with E-state index in [-0.39, 0.29) is 22.3 Å². The molecule has 0 spiro atoms. The van der Waals surface area contributed by atoms with E-state index < -0.39 is 27.3 Å². The Balaban J connectivity index is 2.02. The minimum Gasteiger partial charge on any atom is -0.322 e. The molecular weight excluding hydrogens is 381 g/mol. The second-order valence-electron chi connectivity index (χ2n) is 6.00. The average Bonchev–Trinajstić information content (AvgIpc) is 2.59. The number of rotatable bonds is 4. The summed E-state index contributed by atoms with van der Waals surface area (Å²) in [4.78, 5) is 13.4. The molecule has 0 atom stereocenters. The number of H-pyrrole nitrogens is 1. The van der Waals surface area contributed by atoms with Crippen molar-refractivity contribution in [1.29, 1.82) is 0 Å². The molecule has 0 aliphatic rings. The van der Waals surface area contributed by atoms with Gasteiger partial charge in [-0.3, -0.25) is 4.79 Å². The van der Waals surface area contributed by atoms with Gasteiger partial charge < -0.3 is 4.98 Å². The van der Waals surface area contributed by atoms with Crippen LogP contribution in [0.4, 0.5) is 13.2 Å². The fourth-order valence-electron chi connectivity index (χ4n) is 2.70. The topological polar surface area (TPSA) is 79.0 Å². The Morgan fingerprint density at radius 3 is 2.44 bits per heavy atom. The Kier molecular flexibility index (Phi) is 4.83. The molecule has 0 saturated carbocycles. The first-order valence-corrected chi connectivity index (χ1v) is 9.35. The quantitative estimate of drug-likeness (QED) is 0.710. The van der Waals surface area contributed by atoms with Crippen LogP contribution in [-0.2, 0) is 22.7 Å². The van der Waals surface area contributed by atoms with Crippen LogP contribution in [-0.4, -0.2) is 13.4 Å². The molecular formula is C18H15F3N2O3S. The Bertz CT molecular complexity index is 1170. The lowest BCUT2D eigenvalue weighted by molar-refractivity contribution is -0.136. The summed E-state index contributed by atoms with van der Waals surface area (Å²) in [5.41, 5.74) is -0.550. The third-order valence-corrected chi connectivity index (χ3v) is 5.54. The van der Waals surface area contributed by atoms with Gasteiger partial charge in [-0.1, -0.05) is 24.3 Å². The molecule has 1 heterocycles. The predicted octanol–water partition coefficient (Wildman–Crippen LogP) is 3.33. The largest absolute Gasteiger partial charge is 0.417 e. The molecule has 0 saturated heterocycles. The number of aromatic nitrogens is 1. The number of halogens is 3. The van der Waals surface area contributed by atoms with E-state index in [0.29, 0.717) is 6.07 Å². The van der Waals surface area contributed by atoms with Crippen molar-refractivity contribution in [2.24, 2.45) is 0 Å². The fourth-order valence-corrected chi connectivity index (χ4v) is 3.73. The molecule has 9 heteroatoms. The first kappa shape index (κ1) is 19.1. The maximum Gasteiger partial charge on any atom is 0.417 e. The Morgan fingerprint density at radius 2 is 1.78 bits per heavy atom. The van der Waals surface area contributed by atoms with Gasteiger partial charge in [0.25, 0.3) is 0 Å². The van der Waals surface area contributed by atoms with E-state index in [2.05, 4.69) is 9.71 Å². The van der Waals surface area contributed by atoms with Gasteiger partial charge in [-0.15, -0.1) is 0 Å². The second-order valence-corrected chi connectivity index (χ2v) is 7.77. The van der Waals surface area contributed by atoms with Crippen molar-refractivity contribution in [1.82, 2.24) is 9.71 Å². The highest BCUT2D eigenvalue weighted by atomic mass is 32.2. The van der Waals surface area contributed by atoms with Crippen LogP contribution in [0.1, 0.15) is 16.7 Å². The molecule has 0 bridgehead atoms. The van der Waals surface area contributed by atoms with E-state index in [1.807, 2.05) is 19.1 Å². The molecule has 142 valence electrons. The van der Waals surface area contributed by atoms with Gasteiger partial charge in [0, 0.05) is 23.5 Å². The zero-order valence-corrected chi connectivity index (χ0v) is 14.9. The number of alkyl halides is 3. The van der Waals surface area contributed by atoms with E-state index in [4.69, 9.17) is 0 Å². The summed E-state index contributed by atoms with van der Waals surface area (Å²) in [6.07, 6.45) is -4.79. The monoisotopic (exact) mass is 396 g/mol. The Morgan fingerprint density at radius 1 is 1.07 bits per heavy atom. The summed E-state index contributed by atoms with van der Waals surface area (Å²) in [6.45, 7) is 1.83. The highest BCUT2D eigenvalue weighted by molar-refractivity contribution is 7.89. The number of hydrogen-bond acceptors (Lipinski definition) is 3. The lowest BCUT2D eigenvalue weighted by atomic mass is 10.1. The minimum absolute atomic E-state index is 0.00476. The third-order valence-electron chi connectivity index (χ3n) is 4.14. The Labute approximate surface area is 152 Å². The molecule has 27 heavy (non-hydrogen) atoms. The number of nitrogens with one attached hydrogen (secondary N) is 2.